The van der Waals surface area contributed by atoms with Crippen LogP contribution in [0.2, 0.25) is 0 Å². The van der Waals surface area contributed by atoms with Gasteiger partial charge in [-0.25, -0.2) is 12.7 Å². The molecule has 1 amide bonds. The standard InChI is InChI=1S/C60H43NO3S13/c62-53-27-1-2-28-61(53)77(63,64)60(52-26-14-40-76-52)56(45-19-7-33-69-45,46-20-8-34-70-46)54(41-15-3-29-65-41)59(51-25-13-39-75-51,55(42-16-4-30-66-42,43-17-5-31-67-43)44-18-6-32-68-44)57(47-21-9-35-71-47,48-22-10-36-72-48)58(60,49-23-11-37-73-49)50-24-12-38-74-50/h1,3-27,29-40,54H,2,28H2. The molecule has 3 atom stereocenters. The Morgan fingerprint density at radius 1 is 0.416 bits per heavy atom. The van der Waals surface area contributed by atoms with Crippen LogP contribution in [0.5, 0.6) is 0 Å². The molecule has 1 aliphatic heterocycles. The highest BCUT2D eigenvalue weighted by Gasteiger charge is 2.94. The molecule has 0 N–H and O–H groups in total. The molecular formula is C60H43NO3S13. The van der Waals surface area contributed by atoms with E-state index in [0.717, 1.165) is 53.6 Å². The summed E-state index contributed by atoms with van der Waals surface area (Å²) in [7, 11) is -5.05. The van der Waals surface area contributed by atoms with Gasteiger partial charge in [-0.15, -0.1) is 136 Å². The fourth-order valence-corrected chi connectivity index (χ4v) is 30.4. The van der Waals surface area contributed by atoms with Crippen molar-refractivity contribution >= 4 is 152 Å². The highest BCUT2D eigenvalue weighted by molar-refractivity contribution is 7.91. The van der Waals surface area contributed by atoms with E-state index in [2.05, 4.69) is 204 Å². The average molecular weight is 1240 g/mol. The van der Waals surface area contributed by atoms with E-state index in [1.54, 1.807) is 125 Å². The fourth-order valence-electron chi connectivity index (χ4n) is 14.2. The van der Waals surface area contributed by atoms with Gasteiger partial charge in [-0.05, 0) is 144 Å². The Balaban J connectivity index is 1.45. The summed E-state index contributed by atoms with van der Waals surface area (Å²) in [4.78, 5) is 27.6. The van der Waals surface area contributed by atoms with E-state index >= 15 is 13.2 Å². The number of sulfonamides is 1. The Labute approximate surface area is 495 Å². The Morgan fingerprint density at radius 2 is 0.779 bits per heavy atom. The van der Waals surface area contributed by atoms with Crippen molar-refractivity contribution < 1.29 is 13.2 Å². The lowest BCUT2D eigenvalue weighted by atomic mass is 9.26. The Morgan fingerprint density at radius 3 is 1.16 bits per heavy atom. The second kappa shape index (κ2) is 19.7. The molecule has 1 saturated carbocycles. The lowest BCUT2D eigenvalue weighted by Gasteiger charge is -2.78. The maximum absolute atomic E-state index is 19.1. The zero-order chi connectivity index (χ0) is 51.9. The third-order valence-electron chi connectivity index (χ3n) is 16.0. The summed E-state index contributed by atoms with van der Waals surface area (Å²) in [6, 6.07) is 53.5. The molecule has 13 heterocycles. The van der Waals surface area contributed by atoms with Crippen molar-refractivity contribution in [1.29, 1.82) is 0 Å². The molecule has 0 spiro atoms. The molecule has 12 aromatic heterocycles. The molecule has 0 saturated heterocycles. The van der Waals surface area contributed by atoms with Crippen LogP contribution in [0.4, 0.5) is 0 Å². The largest absolute Gasteiger partial charge is 0.269 e. The van der Waals surface area contributed by atoms with Crippen molar-refractivity contribution in [3.05, 3.63) is 281 Å². The highest BCUT2D eigenvalue weighted by atomic mass is 32.2. The van der Waals surface area contributed by atoms with Crippen LogP contribution in [-0.2, 0) is 46.6 Å². The Bertz CT molecular complexity index is 3780. The van der Waals surface area contributed by atoms with Crippen molar-refractivity contribution in [2.45, 2.75) is 44.2 Å². The third kappa shape index (κ3) is 6.40. The molecule has 0 bridgehead atoms. The van der Waals surface area contributed by atoms with Crippen molar-refractivity contribution in [2.24, 2.45) is 0 Å². The lowest BCUT2D eigenvalue weighted by Crippen LogP contribution is -2.87. The molecule has 2 aliphatic rings. The smallest absolute Gasteiger partial charge is 0.259 e. The minimum absolute atomic E-state index is 0.00498. The minimum Gasteiger partial charge on any atom is -0.269 e. The Hall–Kier alpha value is -4.44. The average Bonchev–Trinajstić information content (AvgIpc) is 2.01. The van der Waals surface area contributed by atoms with Crippen molar-refractivity contribution in [3.8, 4) is 0 Å². The van der Waals surface area contributed by atoms with Gasteiger partial charge >= 0.3 is 0 Å². The molecule has 3 unspecified atom stereocenters. The number of hydrogen-bond acceptors (Lipinski definition) is 15. The Kier molecular flexibility index (Phi) is 13.0. The van der Waals surface area contributed by atoms with Crippen molar-refractivity contribution in [1.82, 2.24) is 4.31 Å². The van der Waals surface area contributed by atoms with Gasteiger partial charge in [0.1, 0.15) is 0 Å². The molecule has 77 heavy (non-hydrogen) atoms. The predicted octanol–water partition coefficient (Wildman–Crippen LogP) is 18.5. The summed E-state index contributed by atoms with van der Waals surface area (Å²) < 4.78 is 37.3. The second-order valence-corrected chi connectivity index (χ2v) is 32.3. The topological polar surface area (TPSA) is 54.5 Å². The first-order valence-electron chi connectivity index (χ1n) is 24.6. The van der Waals surface area contributed by atoms with Crippen molar-refractivity contribution in [2.75, 3.05) is 6.54 Å². The highest BCUT2D eigenvalue weighted by Crippen LogP contribution is 2.89. The number of rotatable bonds is 15. The fraction of sp³-hybridized carbons (Fsp3) is 0.150. The molecule has 17 heteroatoms. The van der Waals surface area contributed by atoms with Crippen LogP contribution in [-0.4, -0.2) is 25.2 Å². The predicted molar refractivity (Wildman–Crippen MR) is 335 cm³/mol. The first-order chi connectivity index (χ1) is 37.9. The number of thiophene rings is 12. The third-order valence-corrected chi connectivity index (χ3v) is 30.6. The number of amides is 1. The molecule has 12 aromatic rings. The molecule has 1 fully saturated rings. The van der Waals surface area contributed by atoms with Gasteiger partial charge in [0.15, 0.2) is 4.75 Å². The van der Waals surface area contributed by atoms with E-state index < -0.39 is 53.7 Å². The summed E-state index contributed by atoms with van der Waals surface area (Å²) in [5, 5.41) is 26.3. The molecular weight excluding hydrogens is 1200 g/mol. The van der Waals surface area contributed by atoms with E-state index in [4.69, 9.17) is 0 Å². The van der Waals surface area contributed by atoms with Gasteiger partial charge in [0, 0.05) is 77.1 Å². The molecule has 14 rings (SSSR count). The van der Waals surface area contributed by atoms with Gasteiger partial charge in [0.25, 0.3) is 15.9 Å². The van der Waals surface area contributed by atoms with Gasteiger partial charge in [-0.3, -0.25) is 4.79 Å². The van der Waals surface area contributed by atoms with E-state index in [0.29, 0.717) is 11.3 Å². The monoisotopic (exact) mass is 1240 g/mol. The van der Waals surface area contributed by atoms with Gasteiger partial charge in [-0.2, -0.15) is 0 Å². The van der Waals surface area contributed by atoms with Crippen molar-refractivity contribution in [3.63, 3.8) is 0 Å². The van der Waals surface area contributed by atoms with E-state index in [-0.39, 0.29) is 6.54 Å². The van der Waals surface area contributed by atoms with Crippen LogP contribution < -0.4 is 0 Å². The number of hydrogen-bond donors (Lipinski definition) is 0. The van der Waals surface area contributed by atoms with Gasteiger partial charge in [0.2, 0.25) is 0 Å². The van der Waals surface area contributed by atoms with Crippen LogP contribution in [0, 0.1) is 0 Å². The van der Waals surface area contributed by atoms with Crippen LogP contribution >= 0.6 is 136 Å². The quantitative estimate of drug-likeness (QED) is 0.103. The molecule has 4 nitrogen and oxygen atoms in total. The minimum atomic E-state index is -5.05. The van der Waals surface area contributed by atoms with E-state index in [1.807, 2.05) is 12.1 Å². The van der Waals surface area contributed by atoms with Crippen LogP contribution in [0.25, 0.3) is 0 Å². The van der Waals surface area contributed by atoms with Crippen LogP contribution in [0.3, 0.4) is 0 Å². The molecule has 384 valence electrons. The lowest BCUT2D eigenvalue weighted by molar-refractivity contribution is -0.122. The summed E-state index contributed by atoms with van der Waals surface area (Å²) in [6.45, 7) is -0.00498. The maximum atomic E-state index is 19.1. The van der Waals surface area contributed by atoms with Gasteiger partial charge < -0.3 is 0 Å². The zero-order valence-corrected chi connectivity index (χ0v) is 51.0. The van der Waals surface area contributed by atoms with Gasteiger partial charge in [0.05, 0.1) is 27.1 Å². The second-order valence-electron chi connectivity index (χ2n) is 18.9. The maximum Gasteiger partial charge on any atom is 0.259 e. The van der Waals surface area contributed by atoms with Crippen LogP contribution in [0.1, 0.15) is 70.9 Å². The summed E-state index contributed by atoms with van der Waals surface area (Å²) >= 11 is 20.4. The van der Waals surface area contributed by atoms with E-state index in [1.165, 1.54) is 21.7 Å². The first-order valence-corrected chi connectivity index (χ1v) is 36.6. The van der Waals surface area contributed by atoms with Gasteiger partial charge in [-0.1, -0.05) is 78.9 Å². The number of carbonyl (C=O) groups is 1. The summed E-state index contributed by atoms with van der Waals surface area (Å²) in [6.07, 6.45) is 3.71. The van der Waals surface area contributed by atoms with E-state index in [9.17, 15) is 0 Å². The number of nitrogens with zero attached hydrogens (tertiary/aromatic N) is 1. The normalized spacial score (nSPS) is 21.2. The number of carbonyl (C=O) groups excluding carboxylic acids is 1. The summed E-state index contributed by atoms with van der Waals surface area (Å²) in [5.74, 6) is -1.29. The molecule has 0 aromatic carbocycles. The summed E-state index contributed by atoms with van der Waals surface area (Å²) in [5.41, 5.74) is -7.06. The molecule has 0 radical (unpaired) electrons. The SMILES string of the molecule is O=C1C=CCCN1S(=O)(=O)C1(c2cccs2)C(c2cccs2)(c2cccs2)C(c2cccs2)C(c2cccs2)(C(c2cccs2)(c2cccs2)c2cccs2)C(c2cccs2)(c2cccs2)C1(c1cccs1)c1cccs1. The first kappa shape index (κ1) is 50.8. The van der Waals surface area contributed by atoms with Crippen LogP contribution in [0.15, 0.2) is 222 Å². The molecule has 1 aliphatic carbocycles. The zero-order valence-electron chi connectivity index (χ0n) is 40.4.